The van der Waals surface area contributed by atoms with Gasteiger partial charge in [0.05, 0.1) is 18.5 Å². The normalized spacial score (nSPS) is 11.4. The Balaban J connectivity index is 1.01. The lowest BCUT2D eigenvalue weighted by molar-refractivity contribution is 0.310. The van der Waals surface area contributed by atoms with Gasteiger partial charge in [0.25, 0.3) is 5.56 Å². The highest BCUT2D eigenvalue weighted by molar-refractivity contribution is 7.95. The summed E-state index contributed by atoms with van der Waals surface area (Å²) in [5.41, 5.74) is 3.85. The number of rotatable bonds is 15. The van der Waals surface area contributed by atoms with Gasteiger partial charge < -0.3 is 9.64 Å². The monoisotopic (exact) mass is 734 g/mol. The maximum Gasteiger partial charge on any atom is 0.272 e. The van der Waals surface area contributed by atoms with Crippen molar-refractivity contribution in [1.82, 2.24) is 9.78 Å². The number of hydrogen-bond donors (Lipinski definition) is 0. The average Bonchev–Trinajstić information content (AvgIpc) is 3.72. The number of unbranched alkanes of at least 4 members (excludes halogenated alkanes) is 1. The van der Waals surface area contributed by atoms with Crippen LogP contribution < -0.4 is 31.1 Å². The van der Waals surface area contributed by atoms with Gasteiger partial charge in [0.1, 0.15) is 33.9 Å². The van der Waals surface area contributed by atoms with Crippen molar-refractivity contribution in [3.05, 3.63) is 174 Å². The first-order valence-corrected chi connectivity index (χ1v) is 21.2. The Morgan fingerprint density at radius 2 is 1.19 bits per heavy atom. The molecule has 7 heteroatoms. The van der Waals surface area contributed by atoms with Crippen LogP contribution in [0.25, 0.3) is 26.7 Å². The van der Waals surface area contributed by atoms with E-state index in [9.17, 15) is 4.79 Å². The minimum absolute atomic E-state index is 0.155. The molecule has 266 valence electrons. The minimum Gasteiger partial charge on any atom is -0.494 e. The van der Waals surface area contributed by atoms with Crippen molar-refractivity contribution in [2.45, 2.75) is 26.7 Å². The third-order valence-electron chi connectivity index (χ3n) is 9.78. The van der Waals surface area contributed by atoms with E-state index in [0.29, 0.717) is 6.61 Å². The lowest BCUT2D eigenvalue weighted by Crippen LogP contribution is -2.33. The maximum atomic E-state index is 12.9. The Kier molecular flexibility index (Phi) is 11.6. The summed E-state index contributed by atoms with van der Waals surface area (Å²) in [6.07, 6.45) is 3.07. The largest absolute Gasteiger partial charge is 0.494 e. The van der Waals surface area contributed by atoms with Crippen molar-refractivity contribution in [3.8, 4) is 32.4 Å². The molecule has 0 spiro atoms. The Labute approximate surface area is 317 Å². The Hall–Kier alpha value is -5.29. The molecule has 5 nitrogen and oxygen atoms in total. The van der Waals surface area contributed by atoms with Gasteiger partial charge in [0, 0.05) is 35.3 Å². The van der Waals surface area contributed by atoms with Gasteiger partial charge in [0.15, 0.2) is 0 Å². The van der Waals surface area contributed by atoms with E-state index in [1.165, 1.54) is 26.3 Å². The summed E-state index contributed by atoms with van der Waals surface area (Å²) in [5.74, 6) is 0.826. The van der Waals surface area contributed by atoms with Crippen LogP contribution in [0.3, 0.4) is 0 Å². The van der Waals surface area contributed by atoms with Crippen LogP contribution in [0.2, 0.25) is 0 Å². The number of nitrogens with zero attached hydrogens (tertiary/aromatic N) is 3. The summed E-state index contributed by atoms with van der Waals surface area (Å²) < 4.78 is 7.76. The number of aromatic nitrogens is 2. The van der Waals surface area contributed by atoms with Crippen molar-refractivity contribution in [1.29, 1.82) is 0 Å². The SMILES string of the molecule is CCN(CC)c1ccc(-c2ccc(-n3nc(-c4ccc(OCCCC[P+](c5ccccc5)(c5ccccc5)c5ccccc5)cc4)ccc3=O)s2)cc1. The number of ether oxygens (including phenoxy) is 1. The highest BCUT2D eigenvalue weighted by atomic mass is 32.1. The molecule has 7 aromatic rings. The molecule has 2 aromatic heterocycles. The van der Waals surface area contributed by atoms with Gasteiger partial charge in [0.2, 0.25) is 0 Å². The van der Waals surface area contributed by atoms with E-state index in [0.717, 1.165) is 64.5 Å². The lowest BCUT2D eigenvalue weighted by Gasteiger charge is -2.27. The Morgan fingerprint density at radius 3 is 1.75 bits per heavy atom. The fraction of sp³-hybridized carbons (Fsp3) is 0.174. The molecule has 0 saturated heterocycles. The summed E-state index contributed by atoms with van der Waals surface area (Å²) in [6.45, 7) is 6.93. The van der Waals surface area contributed by atoms with Gasteiger partial charge in [-0.3, -0.25) is 4.79 Å². The third kappa shape index (κ3) is 8.05. The predicted octanol–water partition coefficient (Wildman–Crippen LogP) is 9.63. The van der Waals surface area contributed by atoms with Crippen LogP contribution in [-0.4, -0.2) is 35.6 Å². The van der Waals surface area contributed by atoms with E-state index in [1.807, 2.05) is 30.3 Å². The van der Waals surface area contributed by atoms with Gasteiger partial charge in [-0.15, -0.1) is 11.3 Å². The summed E-state index contributed by atoms with van der Waals surface area (Å²) in [4.78, 5) is 16.4. The molecule has 0 saturated carbocycles. The molecule has 0 unspecified atom stereocenters. The van der Waals surface area contributed by atoms with Crippen molar-refractivity contribution < 1.29 is 4.74 Å². The third-order valence-corrected chi connectivity index (χ3v) is 15.4. The fourth-order valence-electron chi connectivity index (χ4n) is 6.99. The summed E-state index contributed by atoms with van der Waals surface area (Å²) in [5, 5.41) is 9.79. The molecule has 2 heterocycles. The molecular formula is C46H45N3O2PS+. The van der Waals surface area contributed by atoms with Crippen molar-refractivity contribution in [2.24, 2.45) is 0 Å². The second-order valence-corrected chi connectivity index (χ2v) is 17.6. The molecule has 0 amide bonds. The number of thiophene rings is 1. The van der Waals surface area contributed by atoms with Crippen molar-refractivity contribution in [2.75, 3.05) is 30.8 Å². The van der Waals surface area contributed by atoms with Gasteiger partial charge in [-0.05, 0) is 123 Å². The molecule has 0 aliphatic rings. The van der Waals surface area contributed by atoms with Gasteiger partial charge >= 0.3 is 0 Å². The Bertz CT molecular complexity index is 2150. The molecular weight excluding hydrogens is 690 g/mol. The van der Waals surface area contributed by atoms with E-state index in [-0.39, 0.29) is 5.56 Å². The van der Waals surface area contributed by atoms with Crippen molar-refractivity contribution >= 4 is 40.2 Å². The smallest absolute Gasteiger partial charge is 0.272 e. The van der Waals surface area contributed by atoms with Crippen LogP contribution >= 0.6 is 18.6 Å². The van der Waals surface area contributed by atoms with Crippen LogP contribution in [0.15, 0.2) is 169 Å². The zero-order chi connectivity index (χ0) is 36.5. The van der Waals surface area contributed by atoms with Gasteiger partial charge in [-0.2, -0.15) is 9.78 Å². The highest BCUT2D eigenvalue weighted by Gasteiger charge is 2.44. The van der Waals surface area contributed by atoms with Gasteiger partial charge in [-0.25, -0.2) is 0 Å². The molecule has 0 radical (unpaired) electrons. The second-order valence-electron chi connectivity index (χ2n) is 12.9. The van der Waals surface area contributed by atoms with E-state index in [2.05, 4.69) is 140 Å². The molecule has 7 rings (SSSR count). The Morgan fingerprint density at radius 1 is 0.623 bits per heavy atom. The molecule has 5 aromatic carbocycles. The molecule has 53 heavy (non-hydrogen) atoms. The molecule has 0 fully saturated rings. The zero-order valence-corrected chi connectivity index (χ0v) is 32.1. The zero-order valence-electron chi connectivity index (χ0n) is 30.3. The first-order valence-electron chi connectivity index (χ1n) is 18.4. The average molecular weight is 735 g/mol. The molecule has 0 N–H and O–H groups in total. The van der Waals surface area contributed by atoms with Crippen LogP contribution in [0.4, 0.5) is 5.69 Å². The van der Waals surface area contributed by atoms with Crippen LogP contribution in [0.5, 0.6) is 5.75 Å². The molecule has 0 atom stereocenters. The molecule has 0 aliphatic carbocycles. The van der Waals surface area contributed by atoms with E-state index >= 15 is 0 Å². The molecule has 0 bridgehead atoms. The van der Waals surface area contributed by atoms with E-state index in [4.69, 9.17) is 9.84 Å². The predicted molar refractivity (Wildman–Crippen MR) is 227 cm³/mol. The number of anilines is 1. The van der Waals surface area contributed by atoms with E-state index < -0.39 is 7.26 Å². The quantitative estimate of drug-likeness (QED) is 0.0778. The van der Waals surface area contributed by atoms with Crippen LogP contribution in [0, 0.1) is 0 Å². The fourth-order valence-corrected chi connectivity index (χ4v) is 12.4. The molecule has 0 aliphatic heterocycles. The first kappa shape index (κ1) is 36.1. The van der Waals surface area contributed by atoms with Crippen molar-refractivity contribution in [3.63, 3.8) is 0 Å². The lowest BCUT2D eigenvalue weighted by atomic mass is 10.1. The number of hydrogen-bond acceptors (Lipinski definition) is 5. The second kappa shape index (κ2) is 17.0. The topological polar surface area (TPSA) is 47.4 Å². The summed E-state index contributed by atoms with van der Waals surface area (Å²) >= 11 is 1.56. The minimum atomic E-state index is -1.85. The number of benzene rings is 5. The summed E-state index contributed by atoms with van der Waals surface area (Å²) in [6, 6.07) is 57.2. The standard InChI is InChI=1S/C46H45N3O2PS/c1-3-48(4-2)38-26-22-37(23-27-38)44-31-33-46(53-44)49-45(50)32-30-43(47-49)36-24-28-39(29-25-36)51-34-14-15-35-52(40-16-8-5-9-17-40,41-18-10-6-11-19-41)42-20-12-7-13-21-42/h5-13,16-33H,3-4,14-15,34-35H2,1-2H3/q+1. The maximum absolute atomic E-state index is 12.9. The van der Waals surface area contributed by atoms with Crippen LogP contribution in [-0.2, 0) is 0 Å². The summed E-state index contributed by atoms with van der Waals surface area (Å²) in [7, 11) is -1.85. The first-order chi connectivity index (χ1) is 26.1. The highest BCUT2D eigenvalue weighted by Crippen LogP contribution is 2.55. The van der Waals surface area contributed by atoms with Crippen LogP contribution in [0.1, 0.15) is 26.7 Å². The van der Waals surface area contributed by atoms with Gasteiger partial charge in [-0.1, -0.05) is 66.7 Å². The van der Waals surface area contributed by atoms with E-state index in [1.54, 1.807) is 23.5 Å².